The molecule has 9 heteroatoms. The number of anilines is 1. The summed E-state index contributed by atoms with van der Waals surface area (Å²) in [6, 6.07) is 11.6. The Morgan fingerprint density at radius 1 is 1.05 bits per heavy atom. The topological polar surface area (TPSA) is 80.4 Å². The third-order valence-electron chi connectivity index (χ3n) is 8.14. The molecule has 2 unspecified atom stereocenters. The van der Waals surface area contributed by atoms with Crippen molar-refractivity contribution in [3.05, 3.63) is 65.7 Å². The van der Waals surface area contributed by atoms with E-state index in [-0.39, 0.29) is 0 Å². The molecule has 200 valence electrons. The molecule has 0 saturated carbocycles. The highest BCUT2D eigenvalue weighted by Crippen LogP contribution is 2.37. The number of methoxy groups -OCH3 is 1. The monoisotopic (exact) mass is 523 g/mol. The lowest BCUT2D eigenvalue weighted by Crippen LogP contribution is -2.68. The van der Waals surface area contributed by atoms with Crippen LogP contribution in [0.25, 0.3) is 16.6 Å². The fraction of sp³-hybridized carbons (Fsp3) is 0.400. The maximum atomic E-state index is 6.08. The molecule has 0 N–H and O–H groups in total. The molecule has 4 aromatic heterocycles. The first kappa shape index (κ1) is 24.1. The van der Waals surface area contributed by atoms with E-state index in [1.54, 1.807) is 7.11 Å². The first-order valence-electron chi connectivity index (χ1n) is 13.8. The number of pyridine rings is 3. The Hall–Kier alpha value is -3.98. The number of unbranched alkanes of at least 4 members (excludes halogenated alkanes) is 1. The number of ether oxygens (including phenoxy) is 2. The van der Waals surface area contributed by atoms with Crippen LogP contribution < -0.4 is 14.4 Å². The van der Waals surface area contributed by atoms with Gasteiger partial charge in [0.1, 0.15) is 11.6 Å². The molecule has 3 saturated heterocycles. The van der Waals surface area contributed by atoms with Gasteiger partial charge < -0.3 is 14.4 Å². The van der Waals surface area contributed by atoms with Crippen molar-refractivity contribution in [3.63, 3.8) is 0 Å². The number of hydrogen-bond donors (Lipinski definition) is 0. The van der Waals surface area contributed by atoms with Gasteiger partial charge in [0.15, 0.2) is 0 Å². The van der Waals surface area contributed by atoms with Gasteiger partial charge in [-0.2, -0.15) is 5.10 Å². The second kappa shape index (κ2) is 9.96. The van der Waals surface area contributed by atoms with Gasteiger partial charge >= 0.3 is 0 Å². The third-order valence-corrected chi connectivity index (χ3v) is 8.14. The average Bonchev–Trinajstić information content (AvgIpc) is 3.57. The highest BCUT2D eigenvalue weighted by Gasteiger charge is 2.44. The van der Waals surface area contributed by atoms with Gasteiger partial charge in [-0.05, 0) is 36.6 Å². The van der Waals surface area contributed by atoms with Gasteiger partial charge in [0.2, 0.25) is 5.88 Å². The summed E-state index contributed by atoms with van der Waals surface area (Å²) in [6.07, 6.45) is 11.2. The zero-order valence-corrected chi connectivity index (χ0v) is 22.5. The minimum absolute atomic E-state index is 0.539. The lowest BCUT2D eigenvalue weighted by Gasteiger charge is -2.56. The molecule has 0 radical (unpaired) electrons. The lowest BCUT2D eigenvalue weighted by atomic mass is 9.87. The summed E-state index contributed by atoms with van der Waals surface area (Å²) in [4.78, 5) is 18.8. The van der Waals surface area contributed by atoms with Gasteiger partial charge in [0.05, 0.1) is 37.7 Å². The van der Waals surface area contributed by atoms with E-state index in [2.05, 4.69) is 51.0 Å². The second-order valence-corrected chi connectivity index (χ2v) is 10.6. The Bertz CT molecular complexity index is 1500. The van der Waals surface area contributed by atoms with Crippen molar-refractivity contribution in [2.75, 3.05) is 31.7 Å². The van der Waals surface area contributed by atoms with Crippen LogP contribution in [0, 0.1) is 0 Å². The van der Waals surface area contributed by atoms with Gasteiger partial charge in [0.25, 0.3) is 0 Å². The molecule has 4 aliphatic heterocycles. The van der Waals surface area contributed by atoms with E-state index in [1.807, 2.05) is 35.4 Å². The van der Waals surface area contributed by atoms with Gasteiger partial charge in [-0.15, -0.1) is 0 Å². The Kier molecular flexibility index (Phi) is 6.15. The van der Waals surface area contributed by atoms with Crippen LogP contribution in [0.15, 0.2) is 53.9 Å². The number of piperazine rings is 1. The van der Waals surface area contributed by atoms with Crippen molar-refractivity contribution in [3.8, 4) is 22.8 Å². The summed E-state index contributed by atoms with van der Waals surface area (Å²) >= 11 is 0. The predicted molar refractivity (Wildman–Crippen MR) is 151 cm³/mol. The first-order valence-corrected chi connectivity index (χ1v) is 13.8. The van der Waals surface area contributed by atoms with Gasteiger partial charge in [0, 0.05) is 73.1 Å². The number of aliphatic imine (C=N–C) groups is 1. The van der Waals surface area contributed by atoms with Crippen LogP contribution in [0.2, 0.25) is 0 Å². The quantitative estimate of drug-likeness (QED) is 0.301. The maximum Gasteiger partial charge on any atom is 0.212 e. The predicted octanol–water partition coefficient (Wildman–Crippen LogP) is 4.37. The average molecular weight is 524 g/mol. The summed E-state index contributed by atoms with van der Waals surface area (Å²) in [6.45, 7) is 6.41. The van der Waals surface area contributed by atoms with Crippen LogP contribution >= 0.6 is 0 Å². The van der Waals surface area contributed by atoms with Crippen molar-refractivity contribution in [2.45, 2.75) is 51.4 Å². The lowest BCUT2D eigenvalue weighted by molar-refractivity contribution is -0.00876. The van der Waals surface area contributed by atoms with Crippen molar-refractivity contribution in [1.29, 1.82) is 0 Å². The fourth-order valence-corrected chi connectivity index (χ4v) is 6.03. The van der Waals surface area contributed by atoms with E-state index >= 15 is 0 Å². The van der Waals surface area contributed by atoms with Gasteiger partial charge in [-0.25, -0.2) is 14.5 Å². The van der Waals surface area contributed by atoms with Crippen LogP contribution in [-0.4, -0.2) is 69.6 Å². The second-order valence-electron chi connectivity index (χ2n) is 10.6. The maximum absolute atomic E-state index is 6.08. The minimum atomic E-state index is 0.539. The molecule has 4 aliphatic rings. The molecule has 0 aliphatic carbocycles. The molecule has 0 spiro atoms. The summed E-state index contributed by atoms with van der Waals surface area (Å²) in [5.41, 5.74) is 6.53. The first-order chi connectivity index (χ1) is 19.2. The number of nitrogens with zero attached hydrogens (tertiary/aromatic N) is 7. The molecular formula is C30H33N7O2. The zero-order valence-electron chi connectivity index (χ0n) is 22.5. The minimum Gasteiger partial charge on any atom is -0.492 e. The number of aromatic nitrogens is 4. The molecule has 3 fully saturated rings. The Morgan fingerprint density at radius 3 is 2.69 bits per heavy atom. The van der Waals surface area contributed by atoms with Gasteiger partial charge in [-0.3, -0.25) is 9.89 Å². The van der Waals surface area contributed by atoms with E-state index in [0.29, 0.717) is 31.1 Å². The van der Waals surface area contributed by atoms with E-state index in [9.17, 15) is 0 Å². The Balaban J connectivity index is 1.09. The molecule has 4 aromatic rings. The Morgan fingerprint density at radius 2 is 1.95 bits per heavy atom. The largest absolute Gasteiger partial charge is 0.492 e. The smallest absolute Gasteiger partial charge is 0.212 e. The highest BCUT2D eigenvalue weighted by molar-refractivity contribution is 5.99. The zero-order chi connectivity index (χ0) is 26.3. The van der Waals surface area contributed by atoms with Crippen LogP contribution in [-0.2, 0) is 13.1 Å². The molecule has 0 amide bonds. The standard InChI is InChI=1S/C30H33N7O2/c1-3-4-9-39-24-11-25(30-26-14-31-15-27(26)34-37(30)19-24)21-6-7-28(32-13-21)35-17-22-10-23(18-35)36(22)16-20-5-8-29(38-2)33-12-20/h5-8,11-14,19,22-23H,3-4,9-10,15-18H2,1-2H3. The summed E-state index contributed by atoms with van der Waals surface area (Å²) < 4.78 is 13.2. The molecule has 0 aromatic carbocycles. The number of piperidine rings is 1. The number of hydrogen-bond acceptors (Lipinski definition) is 8. The van der Waals surface area contributed by atoms with Crippen LogP contribution in [0.5, 0.6) is 11.6 Å². The highest BCUT2D eigenvalue weighted by atomic mass is 16.5. The molecule has 8 rings (SSSR count). The van der Waals surface area contributed by atoms with Crippen molar-refractivity contribution >= 4 is 17.5 Å². The number of rotatable bonds is 9. The third kappa shape index (κ3) is 4.40. The van der Waals surface area contributed by atoms with Crippen LogP contribution in [0.1, 0.15) is 43.0 Å². The van der Waals surface area contributed by atoms with Crippen molar-refractivity contribution in [2.24, 2.45) is 4.99 Å². The molecule has 9 nitrogen and oxygen atoms in total. The van der Waals surface area contributed by atoms with E-state index in [4.69, 9.17) is 19.6 Å². The molecule has 39 heavy (non-hydrogen) atoms. The van der Waals surface area contributed by atoms with Crippen LogP contribution in [0.4, 0.5) is 5.82 Å². The summed E-state index contributed by atoms with van der Waals surface area (Å²) in [5.74, 6) is 2.52. The van der Waals surface area contributed by atoms with Crippen molar-refractivity contribution in [1.82, 2.24) is 24.5 Å². The van der Waals surface area contributed by atoms with E-state index in [0.717, 1.165) is 71.9 Å². The van der Waals surface area contributed by atoms with Crippen molar-refractivity contribution < 1.29 is 9.47 Å². The Labute approximate surface area is 228 Å². The normalized spacial score (nSPS) is 19.8. The summed E-state index contributed by atoms with van der Waals surface area (Å²) in [7, 11) is 1.65. The molecule has 2 atom stereocenters. The summed E-state index contributed by atoms with van der Waals surface area (Å²) in [5, 5.41) is 4.79. The molecular weight excluding hydrogens is 490 g/mol. The van der Waals surface area contributed by atoms with Gasteiger partial charge in [-0.1, -0.05) is 19.4 Å². The van der Waals surface area contributed by atoms with E-state index in [1.165, 1.54) is 12.0 Å². The van der Waals surface area contributed by atoms with E-state index < -0.39 is 0 Å². The molecule has 8 heterocycles. The molecule has 2 bridgehead atoms. The SMILES string of the molecule is CCCCOc1cc(-c2ccc(N3CC4CC(C3)N4Cc3ccc(OC)nc3)nc2)c2c3c(nn2c1)CN=C3. The number of fused-ring (bicyclic) bond motifs is 5. The fourth-order valence-electron chi connectivity index (χ4n) is 6.03. The van der Waals surface area contributed by atoms with Crippen LogP contribution in [0.3, 0.4) is 0 Å².